The summed E-state index contributed by atoms with van der Waals surface area (Å²) in [5, 5.41) is 18.6. The number of carboxylic acids is 2. The minimum atomic E-state index is -1.22. The summed E-state index contributed by atoms with van der Waals surface area (Å²) in [7, 11) is 0. The molecule has 0 aliphatic carbocycles. The number of hydrogen-bond donors (Lipinski definition) is 2. The summed E-state index contributed by atoms with van der Waals surface area (Å²) in [6.45, 7) is 3.01. The van der Waals surface area contributed by atoms with Gasteiger partial charge >= 0.3 is 11.9 Å². The van der Waals surface area contributed by atoms with Gasteiger partial charge in [-0.05, 0) is 29.7 Å². The van der Waals surface area contributed by atoms with Crippen molar-refractivity contribution in [2.24, 2.45) is 0 Å². The van der Waals surface area contributed by atoms with Crippen molar-refractivity contribution < 1.29 is 29.3 Å². The topological polar surface area (TPSA) is 99.7 Å². The van der Waals surface area contributed by atoms with E-state index in [9.17, 15) is 19.8 Å². The molecule has 6 nitrogen and oxygen atoms in total. The van der Waals surface area contributed by atoms with Gasteiger partial charge in [-0.3, -0.25) is 0 Å². The number of ether oxygens (including phenoxy) is 2. The van der Waals surface area contributed by atoms with Crippen molar-refractivity contribution in [2.45, 2.75) is 32.0 Å². The number of epoxide rings is 2. The maximum Gasteiger partial charge on any atom is 0.336 e. The summed E-state index contributed by atoms with van der Waals surface area (Å²) in [5.74, 6) is -2.43. The van der Waals surface area contributed by atoms with E-state index < -0.39 is 11.9 Å². The van der Waals surface area contributed by atoms with E-state index in [1.807, 2.05) is 0 Å². The quantitative estimate of drug-likeness (QED) is 0.766. The first kappa shape index (κ1) is 14.0. The van der Waals surface area contributed by atoms with Gasteiger partial charge in [0.2, 0.25) is 0 Å². The number of rotatable bonds is 6. The predicted molar refractivity (Wildman–Crippen MR) is 72.0 cm³/mol. The van der Waals surface area contributed by atoms with Crippen molar-refractivity contribution in [2.75, 3.05) is 13.2 Å². The number of aromatic carboxylic acids is 2. The van der Waals surface area contributed by atoms with E-state index in [1.54, 1.807) is 6.92 Å². The Morgan fingerprint density at radius 1 is 1.14 bits per heavy atom. The zero-order valence-electron chi connectivity index (χ0n) is 11.6. The fourth-order valence-electron chi connectivity index (χ4n) is 2.68. The largest absolute Gasteiger partial charge is 0.478 e. The molecule has 0 saturated carbocycles. The van der Waals surface area contributed by atoms with E-state index in [4.69, 9.17) is 9.47 Å². The molecule has 2 aliphatic heterocycles. The van der Waals surface area contributed by atoms with E-state index >= 15 is 0 Å². The number of carbonyl (C=O) groups is 2. The average molecular weight is 292 g/mol. The zero-order valence-corrected chi connectivity index (χ0v) is 11.6. The molecule has 0 amide bonds. The summed E-state index contributed by atoms with van der Waals surface area (Å²) in [5.41, 5.74) is 1.98. The van der Waals surface area contributed by atoms with Crippen LogP contribution >= 0.6 is 0 Å². The average Bonchev–Trinajstić information content (AvgIpc) is 3.27. The van der Waals surface area contributed by atoms with Crippen LogP contribution in [0.4, 0.5) is 0 Å². The van der Waals surface area contributed by atoms with E-state index in [2.05, 4.69) is 0 Å². The van der Waals surface area contributed by atoms with Crippen LogP contribution in [-0.2, 0) is 22.3 Å². The molecule has 2 heterocycles. The molecule has 1 aromatic rings. The molecule has 6 heteroatoms. The fraction of sp³-hybridized carbons (Fsp3) is 0.467. The van der Waals surface area contributed by atoms with Crippen molar-refractivity contribution in [1.82, 2.24) is 0 Å². The first-order valence-corrected chi connectivity index (χ1v) is 6.82. The maximum atomic E-state index is 11.4. The third kappa shape index (κ3) is 2.91. The number of carboxylic acid groups (broad SMARTS) is 2. The molecule has 2 saturated heterocycles. The Morgan fingerprint density at radius 2 is 1.71 bits per heavy atom. The molecule has 2 aliphatic rings. The summed E-state index contributed by atoms with van der Waals surface area (Å²) in [4.78, 5) is 22.8. The fourth-order valence-corrected chi connectivity index (χ4v) is 2.68. The van der Waals surface area contributed by atoms with Crippen molar-refractivity contribution in [3.63, 3.8) is 0 Å². The van der Waals surface area contributed by atoms with Gasteiger partial charge in [0.1, 0.15) is 0 Å². The normalized spacial score (nSPS) is 22.9. The van der Waals surface area contributed by atoms with Crippen LogP contribution in [0.2, 0.25) is 0 Å². The highest BCUT2D eigenvalue weighted by Crippen LogP contribution is 2.30. The lowest BCUT2D eigenvalue weighted by molar-refractivity contribution is 0.0650. The van der Waals surface area contributed by atoms with Crippen molar-refractivity contribution in [3.8, 4) is 0 Å². The Labute approximate surface area is 121 Å². The second-order valence-electron chi connectivity index (χ2n) is 5.49. The van der Waals surface area contributed by atoms with Crippen LogP contribution in [-0.4, -0.2) is 47.6 Å². The molecule has 2 atom stereocenters. The first-order valence-electron chi connectivity index (χ1n) is 6.82. The van der Waals surface area contributed by atoms with Crippen LogP contribution in [0.5, 0.6) is 0 Å². The summed E-state index contributed by atoms with van der Waals surface area (Å²) in [6.07, 6.45) is 1.46. The highest BCUT2D eigenvalue weighted by molar-refractivity contribution is 6.03. The molecular formula is C15H16O6. The second-order valence-corrected chi connectivity index (χ2v) is 5.49. The number of hydrogen-bond acceptors (Lipinski definition) is 4. The van der Waals surface area contributed by atoms with Crippen LogP contribution < -0.4 is 0 Å². The highest BCUT2D eigenvalue weighted by Gasteiger charge is 2.31. The molecular weight excluding hydrogens is 276 g/mol. The molecule has 3 rings (SSSR count). The SMILES string of the molecule is Cc1c(CC2CO2)c(CC2CO2)cc(C(=O)O)c1C(=O)O. The minimum absolute atomic E-state index is 0.111. The molecule has 1 aromatic carbocycles. The summed E-state index contributed by atoms with van der Waals surface area (Å²) in [6, 6.07) is 1.48. The monoisotopic (exact) mass is 292 g/mol. The van der Waals surface area contributed by atoms with Crippen LogP contribution in [0.3, 0.4) is 0 Å². The molecule has 0 radical (unpaired) electrons. The molecule has 112 valence electrons. The van der Waals surface area contributed by atoms with E-state index in [1.165, 1.54) is 6.07 Å². The van der Waals surface area contributed by atoms with Crippen molar-refractivity contribution >= 4 is 11.9 Å². The lowest BCUT2D eigenvalue weighted by Gasteiger charge is -2.16. The second kappa shape index (κ2) is 5.13. The molecule has 2 fully saturated rings. The Morgan fingerprint density at radius 3 is 2.19 bits per heavy atom. The molecule has 0 bridgehead atoms. The van der Waals surface area contributed by atoms with Crippen LogP contribution in [0.15, 0.2) is 6.07 Å². The molecule has 0 aromatic heterocycles. The predicted octanol–water partition coefficient (Wildman–Crippen LogP) is 1.27. The third-order valence-electron chi connectivity index (χ3n) is 3.93. The zero-order chi connectivity index (χ0) is 15.1. The van der Waals surface area contributed by atoms with Gasteiger partial charge in [-0.1, -0.05) is 0 Å². The first-order chi connectivity index (χ1) is 9.97. The summed E-state index contributed by atoms with van der Waals surface area (Å²) < 4.78 is 10.4. The highest BCUT2D eigenvalue weighted by atomic mass is 16.6. The van der Waals surface area contributed by atoms with Gasteiger partial charge in [-0.25, -0.2) is 9.59 Å². The van der Waals surface area contributed by atoms with Gasteiger partial charge in [-0.15, -0.1) is 0 Å². The Kier molecular flexibility index (Phi) is 3.43. The van der Waals surface area contributed by atoms with Gasteiger partial charge in [0.05, 0.1) is 36.5 Å². The van der Waals surface area contributed by atoms with E-state index in [0.717, 1.165) is 11.1 Å². The lowest BCUT2D eigenvalue weighted by Crippen LogP contribution is -2.16. The molecule has 21 heavy (non-hydrogen) atoms. The standard InChI is InChI=1S/C15H16O6/c1-7-11(4-10-6-21-10)8(2-9-5-20-9)3-12(14(16)17)13(7)15(18)19/h3,9-10H,2,4-6H2,1H3,(H,16,17)(H,18,19). The van der Waals surface area contributed by atoms with Crippen molar-refractivity contribution in [1.29, 1.82) is 0 Å². The molecule has 0 spiro atoms. The minimum Gasteiger partial charge on any atom is -0.478 e. The summed E-state index contributed by atoms with van der Waals surface area (Å²) >= 11 is 0. The molecule has 2 unspecified atom stereocenters. The van der Waals surface area contributed by atoms with Crippen LogP contribution in [0, 0.1) is 6.92 Å². The Bertz CT molecular complexity index is 613. The molecule has 2 N–H and O–H groups in total. The lowest BCUT2D eigenvalue weighted by atomic mass is 9.88. The third-order valence-corrected chi connectivity index (χ3v) is 3.93. The van der Waals surface area contributed by atoms with Crippen LogP contribution in [0.25, 0.3) is 0 Å². The van der Waals surface area contributed by atoms with Gasteiger partial charge in [0.15, 0.2) is 0 Å². The Balaban J connectivity index is 2.11. The van der Waals surface area contributed by atoms with Gasteiger partial charge < -0.3 is 19.7 Å². The van der Waals surface area contributed by atoms with Gasteiger partial charge in [-0.2, -0.15) is 0 Å². The maximum absolute atomic E-state index is 11.4. The van der Waals surface area contributed by atoms with Crippen molar-refractivity contribution in [3.05, 3.63) is 33.9 Å². The van der Waals surface area contributed by atoms with Gasteiger partial charge in [0, 0.05) is 12.8 Å². The van der Waals surface area contributed by atoms with E-state index in [0.29, 0.717) is 31.6 Å². The Hall–Kier alpha value is -1.92. The number of benzene rings is 1. The van der Waals surface area contributed by atoms with E-state index in [-0.39, 0.29) is 23.3 Å². The smallest absolute Gasteiger partial charge is 0.336 e. The van der Waals surface area contributed by atoms with Gasteiger partial charge in [0.25, 0.3) is 0 Å². The van der Waals surface area contributed by atoms with Crippen LogP contribution in [0.1, 0.15) is 37.4 Å².